The molecule has 5 heteroatoms. The van der Waals surface area contributed by atoms with Crippen LogP contribution in [0, 0.1) is 0 Å². The second kappa shape index (κ2) is 7.62. The number of benzene rings is 1. The van der Waals surface area contributed by atoms with Crippen molar-refractivity contribution in [2.24, 2.45) is 0 Å². The third kappa shape index (κ3) is 3.98. The number of aryl methyl sites for hydroxylation is 2. The molecule has 0 aliphatic carbocycles. The average Bonchev–Trinajstić information content (AvgIpc) is 2.93. The molecule has 0 aliphatic heterocycles. The van der Waals surface area contributed by atoms with Crippen molar-refractivity contribution in [1.82, 2.24) is 14.5 Å². The molecule has 0 saturated heterocycles. The van der Waals surface area contributed by atoms with Gasteiger partial charge in [0, 0.05) is 18.4 Å². The third-order valence-electron chi connectivity index (χ3n) is 4.83. The van der Waals surface area contributed by atoms with Crippen LogP contribution >= 0.6 is 0 Å². The molecule has 3 rings (SSSR count). The summed E-state index contributed by atoms with van der Waals surface area (Å²) in [6.45, 7) is 6.84. The van der Waals surface area contributed by atoms with E-state index in [4.69, 9.17) is 10.7 Å². The summed E-state index contributed by atoms with van der Waals surface area (Å²) in [6, 6.07) is 8.14. The Morgan fingerprint density at radius 2 is 1.88 bits per heavy atom. The molecule has 2 aromatic heterocycles. The fourth-order valence-corrected chi connectivity index (χ4v) is 3.56. The molecule has 0 spiro atoms. The van der Waals surface area contributed by atoms with Crippen LogP contribution < -0.4 is 5.73 Å². The highest BCUT2D eigenvalue weighted by molar-refractivity contribution is 6.06. The van der Waals surface area contributed by atoms with Gasteiger partial charge >= 0.3 is 0 Å². The molecule has 0 radical (unpaired) electrons. The van der Waals surface area contributed by atoms with Gasteiger partial charge in [-0.05, 0) is 39.2 Å². The van der Waals surface area contributed by atoms with E-state index in [-0.39, 0.29) is 0 Å². The second-order valence-electron chi connectivity index (χ2n) is 7.76. The standard InChI is InChI=1S/C21H30N4O/c1-4-10-17-24-18-19(15-11-6-7-12-16(15)23-20(18)22)25(17)14-9-5-8-13-21(2,3)26/h6-7,11-12,26H,4-5,8-10,13-14H2,1-3H3,(H2,22,23). The van der Waals surface area contributed by atoms with Crippen molar-refractivity contribution in [3.05, 3.63) is 30.1 Å². The van der Waals surface area contributed by atoms with Crippen LogP contribution in [0.3, 0.4) is 0 Å². The highest BCUT2D eigenvalue weighted by Crippen LogP contribution is 2.29. The van der Waals surface area contributed by atoms with Crippen LogP contribution in [0.2, 0.25) is 0 Å². The Bertz CT molecular complexity index is 892. The van der Waals surface area contributed by atoms with Gasteiger partial charge in [-0.2, -0.15) is 0 Å². The lowest BCUT2D eigenvalue weighted by Crippen LogP contribution is -2.17. The number of rotatable bonds is 8. The van der Waals surface area contributed by atoms with E-state index in [1.165, 1.54) is 0 Å². The smallest absolute Gasteiger partial charge is 0.152 e. The van der Waals surface area contributed by atoms with Gasteiger partial charge in [0.2, 0.25) is 0 Å². The monoisotopic (exact) mass is 354 g/mol. The maximum Gasteiger partial charge on any atom is 0.152 e. The van der Waals surface area contributed by atoms with Gasteiger partial charge in [-0.15, -0.1) is 0 Å². The Labute approximate surface area is 155 Å². The zero-order valence-corrected chi connectivity index (χ0v) is 16.1. The van der Waals surface area contributed by atoms with Crippen LogP contribution in [-0.2, 0) is 13.0 Å². The van der Waals surface area contributed by atoms with Crippen LogP contribution in [0.4, 0.5) is 5.82 Å². The van der Waals surface area contributed by atoms with Crippen molar-refractivity contribution in [2.45, 2.75) is 71.4 Å². The van der Waals surface area contributed by atoms with Gasteiger partial charge in [0.05, 0.1) is 16.6 Å². The van der Waals surface area contributed by atoms with Crippen LogP contribution in [0.25, 0.3) is 21.9 Å². The molecule has 3 aromatic rings. The predicted octanol–water partition coefficient (Wildman–Crippen LogP) is 4.45. The van der Waals surface area contributed by atoms with E-state index in [2.05, 4.69) is 22.5 Å². The van der Waals surface area contributed by atoms with Gasteiger partial charge < -0.3 is 15.4 Å². The summed E-state index contributed by atoms with van der Waals surface area (Å²) < 4.78 is 2.34. The van der Waals surface area contributed by atoms with Crippen molar-refractivity contribution in [2.75, 3.05) is 5.73 Å². The van der Waals surface area contributed by atoms with Crippen molar-refractivity contribution >= 4 is 27.8 Å². The minimum atomic E-state index is -0.578. The molecular weight excluding hydrogens is 324 g/mol. The number of nitrogens with two attached hydrogens (primary N) is 1. The summed E-state index contributed by atoms with van der Waals surface area (Å²) in [7, 11) is 0. The Morgan fingerprint density at radius 3 is 2.62 bits per heavy atom. The number of para-hydroxylation sites is 1. The Hall–Kier alpha value is -2.14. The SMILES string of the molecule is CCCc1nc2c(N)nc3ccccc3c2n1CCCCCC(C)(C)O. The fraction of sp³-hybridized carbons (Fsp3) is 0.524. The minimum Gasteiger partial charge on any atom is -0.390 e. The highest BCUT2D eigenvalue weighted by Gasteiger charge is 2.17. The van der Waals surface area contributed by atoms with E-state index >= 15 is 0 Å². The molecule has 0 saturated carbocycles. The molecule has 0 unspecified atom stereocenters. The Balaban J connectivity index is 1.92. The average molecular weight is 354 g/mol. The number of imidazole rings is 1. The van der Waals surface area contributed by atoms with Gasteiger partial charge in [-0.25, -0.2) is 9.97 Å². The fourth-order valence-electron chi connectivity index (χ4n) is 3.56. The van der Waals surface area contributed by atoms with Crippen LogP contribution in [0.1, 0.15) is 58.7 Å². The number of unbranched alkanes of at least 4 members (excludes halogenated alkanes) is 2. The third-order valence-corrected chi connectivity index (χ3v) is 4.83. The highest BCUT2D eigenvalue weighted by atomic mass is 16.3. The topological polar surface area (TPSA) is 77.0 Å². The number of fused-ring (bicyclic) bond motifs is 3. The summed E-state index contributed by atoms with van der Waals surface area (Å²) in [5.74, 6) is 1.60. The summed E-state index contributed by atoms with van der Waals surface area (Å²) in [6.07, 6.45) is 6.00. The molecule has 5 nitrogen and oxygen atoms in total. The lowest BCUT2D eigenvalue weighted by Gasteiger charge is -2.16. The summed E-state index contributed by atoms with van der Waals surface area (Å²) in [5, 5.41) is 11.0. The zero-order valence-electron chi connectivity index (χ0n) is 16.1. The van der Waals surface area contributed by atoms with Gasteiger partial charge in [0.15, 0.2) is 5.82 Å². The number of nitrogen functional groups attached to an aromatic ring is 1. The molecule has 0 fully saturated rings. The molecule has 26 heavy (non-hydrogen) atoms. The molecule has 2 heterocycles. The molecule has 0 aliphatic rings. The number of aromatic nitrogens is 3. The molecule has 1 aromatic carbocycles. The number of pyridine rings is 1. The lowest BCUT2D eigenvalue weighted by molar-refractivity contribution is 0.0680. The second-order valence-corrected chi connectivity index (χ2v) is 7.76. The van der Waals surface area contributed by atoms with E-state index < -0.39 is 5.60 Å². The van der Waals surface area contributed by atoms with Crippen molar-refractivity contribution in [3.63, 3.8) is 0 Å². The normalized spacial score (nSPS) is 12.3. The number of hydrogen-bond acceptors (Lipinski definition) is 4. The number of hydrogen-bond donors (Lipinski definition) is 2. The molecular formula is C21H30N4O. The van der Waals surface area contributed by atoms with Crippen LogP contribution in [-0.4, -0.2) is 25.2 Å². The van der Waals surface area contributed by atoms with Crippen molar-refractivity contribution in [3.8, 4) is 0 Å². The Kier molecular flexibility index (Phi) is 5.47. The molecule has 140 valence electrons. The van der Waals surface area contributed by atoms with E-state index in [9.17, 15) is 5.11 Å². The molecule has 3 N–H and O–H groups in total. The van der Waals surface area contributed by atoms with E-state index in [1.807, 2.05) is 32.0 Å². The maximum atomic E-state index is 9.87. The first-order valence-corrected chi connectivity index (χ1v) is 9.66. The summed E-state index contributed by atoms with van der Waals surface area (Å²) >= 11 is 0. The van der Waals surface area contributed by atoms with E-state index in [0.29, 0.717) is 5.82 Å². The van der Waals surface area contributed by atoms with Gasteiger partial charge in [0.1, 0.15) is 11.3 Å². The molecule has 0 atom stereocenters. The van der Waals surface area contributed by atoms with E-state index in [1.54, 1.807) is 0 Å². The van der Waals surface area contributed by atoms with Gasteiger partial charge in [-0.3, -0.25) is 0 Å². The summed E-state index contributed by atoms with van der Waals surface area (Å²) in [5.41, 5.74) is 8.49. The number of aliphatic hydroxyl groups is 1. The maximum absolute atomic E-state index is 9.87. The lowest BCUT2D eigenvalue weighted by atomic mass is 10.0. The first-order chi connectivity index (χ1) is 12.4. The van der Waals surface area contributed by atoms with Crippen LogP contribution in [0.15, 0.2) is 24.3 Å². The number of anilines is 1. The van der Waals surface area contributed by atoms with Crippen molar-refractivity contribution in [1.29, 1.82) is 0 Å². The largest absolute Gasteiger partial charge is 0.390 e. The predicted molar refractivity (Wildman–Crippen MR) is 108 cm³/mol. The quantitative estimate of drug-likeness (QED) is 0.586. The first-order valence-electron chi connectivity index (χ1n) is 9.66. The molecule has 0 bridgehead atoms. The van der Waals surface area contributed by atoms with Crippen LogP contribution in [0.5, 0.6) is 0 Å². The van der Waals surface area contributed by atoms with Gasteiger partial charge in [-0.1, -0.05) is 38.0 Å². The van der Waals surface area contributed by atoms with Crippen molar-refractivity contribution < 1.29 is 5.11 Å². The molecule has 0 amide bonds. The van der Waals surface area contributed by atoms with E-state index in [0.717, 1.165) is 72.8 Å². The summed E-state index contributed by atoms with van der Waals surface area (Å²) in [4.78, 5) is 9.35. The number of nitrogens with zero attached hydrogens (tertiary/aromatic N) is 3. The minimum absolute atomic E-state index is 0.511. The first kappa shape index (κ1) is 18.6. The van der Waals surface area contributed by atoms with Gasteiger partial charge in [0.25, 0.3) is 0 Å². The Morgan fingerprint density at radius 1 is 1.12 bits per heavy atom. The zero-order chi connectivity index (χ0) is 18.7.